The van der Waals surface area contributed by atoms with Crippen LogP contribution in [0.2, 0.25) is 0 Å². The number of nitrogens with zero attached hydrogens (tertiary/aromatic N) is 5. The zero-order valence-electron chi connectivity index (χ0n) is 18.2. The van der Waals surface area contributed by atoms with E-state index < -0.39 is 15.9 Å². The van der Waals surface area contributed by atoms with Crippen molar-refractivity contribution in [2.75, 3.05) is 32.6 Å². The van der Waals surface area contributed by atoms with Gasteiger partial charge in [0, 0.05) is 37.0 Å². The zero-order valence-corrected chi connectivity index (χ0v) is 19.0. The second-order valence-corrected chi connectivity index (χ2v) is 9.48. The molecule has 1 aliphatic rings. The lowest BCUT2D eigenvalue weighted by Crippen LogP contribution is -2.43. The van der Waals surface area contributed by atoms with Crippen molar-refractivity contribution in [3.63, 3.8) is 0 Å². The van der Waals surface area contributed by atoms with Crippen molar-refractivity contribution in [3.8, 4) is 17.2 Å². The quantitative estimate of drug-likeness (QED) is 0.550. The first-order valence-electron chi connectivity index (χ1n) is 10.3. The number of nitrogens with one attached hydrogen (secondary N) is 1. The van der Waals surface area contributed by atoms with Crippen LogP contribution in [0, 0.1) is 5.92 Å². The number of methoxy groups -OCH3 is 2. The van der Waals surface area contributed by atoms with E-state index in [1.54, 1.807) is 30.3 Å². The van der Waals surface area contributed by atoms with Gasteiger partial charge < -0.3 is 14.8 Å². The summed E-state index contributed by atoms with van der Waals surface area (Å²) in [5, 5.41) is 13.8. The Balaban J connectivity index is 1.47. The second kappa shape index (κ2) is 9.55. The van der Waals surface area contributed by atoms with Gasteiger partial charge in [-0.3, -0.25) is 4.79 Å². The average Bonchev–Trinajstić information content (AvgIpc) is 3.39. The fraction of sp³-hybridized carbons (Fsp3) is 0.333. The van der Waals surface area contributed by atoms with Gasteiger partial charge in [-0.1, -0.05) is 0 Å². The number of anilines is 1. The molecule has 1 amide bonds. The normalized spacial score (nSPS) is 16.8. The first kappa shape index (κ1) is 22.7. The van der Waals surface area contributed by atoms with E-state index in [0.717, 1.165) is 0 Å². The number of tetrazole rings is 1. The van der Waals surface area contributed by atoms with Crippen LogP contribution < -0.4 is 14.8 Å². The fourth-order valence-corrected chi connectivity index (χ4v) is 5.22. The van der Waals surface area contributed by atoms with Gasteiger partial charge in [-0.15, -0.1) is 5.10 Å². The van der Waals surface area contributed by atoms with Gasteiger partial charge in [0.1, 0.15) is 17.8 Å². The van der Waals surface area contributed by atoms with Crippen molar-refractivity contribution >= 4 is 21.6 Å². The first-order chi connectivity index (χ1) is 15.9. The molecule has 1 aromatic heterocycles. The van der Waals surface area contributed by atoms with Crippen molar-refractivity contribution < 1.29 is 22.7 Å². The highest BCUT2D eigenvalue weighted by atomic mass is 32.2. The Hall–Kier alpha value is -3.51. The number of benzene rings is 2. The third-order valence-electron chi connectivity index (χ3n) is 5.46. The summed E-state index contributed by atoms with van der Waals surface area (Å²) in [5.41, 5.74) is 1.16. The number of piperidine rings is 1. The number of carbonyl (C=O) groups excluding carboxylic acids is 1. The van der Waals surface area contributed by atoms with E-state index in [-0.39, 0.29) is 17.3 Å². The number of rotatable bonds is 7. The molecule has 0 spiro atoms. The molecule has 1 saturated heterocycles. The molecule has 1 N–H and O–H groups in total. The lowest BCUT2D eigenvalue weighted by molar-refractivity contribution is -0.120. The Morgan fingerprint density at radius 3 is 2.39 bits per heavy atom. The maximum atomic E-state index is 13.2. The highest BCUT2D eigenvalue weighted by molar-refractivity contribution is 7.89. The second-order valence-electron chi connectivity index (χ2n) is 7.54. The molecule has 2 aromatic carbocycles. The lowest BCUT2D eigenvalue weighted by atomic mass is 9.98. The van der Waals surface area contributed by atoms with E-state index >= 15 is 0 Å². The minimum Gasteiger partial charge on any atom is -0.497 e. The summed E-state index contributed by atoms with van der Waals surface area (Å²) in [4.78, 5) is 13.1. The Morgan fingerprint density at radius 1 is 1.09 bits per heavy atom. The highest BCUT2D eigenvalue weighted by Crippen LogP contribution is 2.28. The molecule has 174 valence electrons. The van der Waals surface area contributed by atoms with Crippen LogP contribution in [0.1, 0.15) is 12.8 Å². The molecule has 0 unspecified atom stereocenters. The van der Waals surface area contributed by atoms with Crippen molar-refractivity contribution in [3.05, 3.63) is 48.8 Å². The first-order valence-corrected chi connectivity index (χ1v) is 11.7. The molecule has 3 aromatic rings. The molecular formula is C21H24N6O5S. The van der Waals surface area contributed by atoms with E-state index in [2.05, 4.69) is 20.8 Å². The molecule has 0 bridgehead atoms. The summed E-state index contributed by atoms with van der Waals surface area (Å²) in [6.45, 7) is 0.456. The van der Waals surface area contributed by atoms with E-state index in [9.17, 15) is 13.2 Å². The van der Waals surface area contributed by atoms with Gasteiger partial charge in [-0.25, -0.2) is 13.1 Å². The van der Waals surface area contributed by atoms with Gasteiger partial charge in [-0.05, 0) is 47.5 Å². The number of aromatic nitrogens is 4. The van der Waals surface area contributed by atoms with Crippen LogP contribution in [0.3, 0.4) is 0 Å². The van der Waals surface area contributed by atoms with Crippen molar-refractivity contribution in [1.82, 2.24) is 24.5 Å². The smallest absolute Gasteiger partial charge is 0.243 e. The molecule has 4 rings (SSSR count). The van der Waals surface area contributed by atoms with Crippen molar-refractivity contribution in [2.24, 2.45) is 5.92 Å². The van der Waals surface area contributed by atoms with Crippen molar-refractivity contribution in [2.45, 2.75) is 17.7 Å². The third-order valence-corrected chi connectivity index (χ3v) is 7.34. The minimum atomic E-state index is -3.76. The van der Waals surface area contributed by atoms with Gasteiger partial charge in [-0.2, -0.15) is 4.31 Å². The molecule has 12 heteroatoms. The van der Waals surface area contributed by atoms with Gasteiger partial charge in [0.05, 0.1) is 30.7 Å². The Labute approximate surface area is 191 Å². The van der Waals surface area contributed by atoms with E-state index in [1.807, 2.05) is 0 Å². The molecule has 11 nitrogen and oxygen atoms in total. The van der Waals surface area contributed by atoms with Crippen LogP contribution in [0.15, 0.2) is 53.7 Å². The summed E-state index contributed by atoms with van der Waals surface area (Å²) in [6, 6.07) is 11.4. The van der Waals surface area contributed by atoms with Crippen LogP contribution in [0.25, 0.3) is 5.69 Å². The minimum absolute atomic E-state index is 0.101. The Morgan fingerprint density at radius 2 is 1.79 bits per heavy atom. The number of amides is 1. The summed E-state index contributed by atoms with van der Waals surface area (Å²) >= 11 is 0. The SMILES string of the molecule is COc1cc(NC(=O)[C@H]2CCCN(S(=O)(=O)c3ccc(-n4cnnn4)cc3)C2)cc(OC)c1. The van der Waals surface area contributed by atoms with Crippen LogP contribution in [0.4, 0.5) is 5.69 Å². The summed E-state index contributed by atoms with van der Waals surface area (Å²) in [7, 11) is -0.701. The molecule has 0 aliphatic carbocycles. The fourth-order valence-electron chi connectivity index (χ4n) is 3.70. The topological polar surface area (TPSA) is 129 Å². The summed E-state index contributed by atoms with van der Waals surface area (Å²) in [6.07, 6.45) is 2.61. The van der Waals surface area contributed by atoms with E-state index in [0.29, 0.717) is 42.3 Å². The maximum Gasteiger partial charge on any atom is 0.243 e. The van der Waals surface area contributed by atoms with Gasteiger partial charge >= 0.3 is 0 Å². The predicted molar refractivity (Wildman–Crippen MR) is 119 cm³/mol. The highest BCUT2D eigenvalue weighted by Gasteiger charge is 2.33. The van der Waals surface area contributed by atoms with Crippen LogP contribution in [0.5, 0.6) is 11.5 Å². The van der Waals surface area contributed by atoms with Crippen LogP contribution in [-0.2, 0) is 14.8 Å². The third kappa shape index (κ3) is 4.96. The summed E-state index contributed by atoms with van der Waals surface area (Å²) in [5.74, 6) is 0.357. The number of carbonyl (C=O) groups is 1. The molecule has 1 aliphatic heterocycles. The Kier molecular flexibility index (Phi) is 6.56. The summed E-state index contributed by atoms with van der Waals surface area (Å²) < 4.78 is 39.7. The molecule has 1 atom stereocenters. The van der Waals surface area contributed by atoms with Crippen LogP contribution in [-0.4, -0.2) is 66.1 Å². The number of ether oxygens (including phenoxy) is 2. The standard InChI is InChI=1S/C21H24N6O5S/c1-31-18-10-16(11-19(12-18)32-2)23-21(28)15-4-3-9-26(13-15)33(29,30)20-7-5-17(6-8-20)27-14-22-24-25-27/h5-8,10-12,14-15H,3-4,9,13H2,1-2H3,(H,23,28)/t15-/m0/s1. The number of hydrogen-bond acceptors (Lipinski definition) is 8. The lowest BCUT2D eigenvalue weighted by Gasteiger charge is -2.31. The van der Waals surface area contributed by atoms with Crippen LogP contribution >= 0.6 is 0 Å². The molecule has 2 heterocycles. The molecule has 0 radical (unpaired) electrons. The molecule has 33 heavy (non-hydrogen) atoms. The van der Waals surface area contributed by atoms with Gasteiger partial charge in [0.25, 0.3) is 0 Å². The Bertz CT molecular complexity index is 1190. The van der Waals surface area contributed by atoms with Gasteiger partial charge in [0.15, 0.2) is 0 Å². The zero-order chi connectivity index (χ0) is 23.4. The maximum absolute atomic E-state index is 13.2. The molecular weight excluding hydrogens is 448 g/mol. The van der Waals surface area contributed by atoms with Crippen molar-refractivity contribution in [1.29, 1.82) is 0 Å². The molecule has 0 saturated carbocycles. The monoisotopic (exact) mass is 472 g/mol. The van der Waals surface area contributed by atoms with E-state index in [1.165, 1.54) is 41.7 Å². The number of sulfonamides is 1. The molecule has 1 fully saturated rings. The van der Waals surface area contributed by atoms with Gasteiger partial charge in [0.2, 0.25) is 15.9 Å². The number of hydrogen-bond donors (Lipinski definition) is 1. The predicted octanol–water partition coefficient (Wildman–Crippen LogP) is 1.72. The largest absolute Gasteiger partial charge is 0.497 e. The van der Waals surface area contributed by atoms with E-state index in [4.69, 9.17) is 9.47 Å². The average molecular weight is 473 g/mol.